The van der Waals surface area contributed by atoms with Crippen LogP contribution in [0.3, 0.4) is 0 Å². The Labute approximate surface area is 106 Å². The highest BCUT2D eigenvalue weighted by molar-refractivity contribution is 7.17. The summed E-state index contributed by atoms with van der Waals surface area (Å²) in [4.78, 5) is 15.4. The molecule has 0 radical (unpaired) electrons. The van der Waals surface area contributed by atoms with E-state index >= 15 is 0 Å². The van der Waals surface area contributed by atoms with Crippen molar-refractivity contribution < 1.29 is 9.90 Å². The van der Waals surface area contributed by atoms with E-state index in [2.05, 4.69) is 10.1 Å². The third kappa shape index (κ3) is 1.58. The molecule has 18 heavy (non-hydrogen) atoms. The maximum Gasteiger partial charge on any atom is 0.339 e. The van der Waals surface area contributed by atoms with E-state index in [-0.39, 0.29) is 5.56 Å². The minimum absolute atomic E-state index is 0.207. The Morgan fingerprint density at radius 2 is 2.28 bits per heavy atom. The summed E-state index contributed by atoms with van der Waals surface area (Å²) in [6.07, 6.45) is 1.51. The highest BCUT2D eigenvalue weighted by Gasteiger charge is 2.18. The number of hydrogen-bond acceptors (Lipinski definition) is 4. The quantitative estimate of drug-likeness (QED) is 0.767. The van der Waals surface area contributed by atoms with Crippen molar-refractivity contribution in [3.8, 4) is 11.3 Å². The van der Waals surface area contributed by atoms with Gasteiger partial charge in [-0.25, -0.2) is 9.78 Å². The van der Waals surface area contributed by atoms with E-state index < -0.39 is 5.97 Å². The molecule has 0 aliphatic rings. The third-order valence-corrected chi connectivity index (χ3v) is 3.55. The van der Waals surface area contributed by atoms with Crippen LogP contribution in [0.2, 0.25) is 0 Å². The number of fused-ring (bicyclic) bond motifs is 1. The first-order chi connectivity index (χ1) is 8.66. The van der Waals surface area contributed by atoms with Gasteiger partial charge in [0.15, 0.2) is 0 Å². The number of rotatable bonds is 2. The van der Waals surface area contributed by atoms with Crippen molar-refractivity contribution in [2.45, 2.75) is 0 Å². The van der Waals surface area contributed by atoms with E-state index in [0.29, 0.717) is 5.69 Å². The fourth-order valence-corrected chi connectivity index (χ4v) is 2.72. The Bertz CT molecular complexity index is 745. The second kappa shape index (κ2) is 3.92. The van der Waals surface area contributed by atoms with Gasteiger partial charge in [-0.15, -0.1) is 11.3 Å². The fraction of sp³-hybridized carbons (Fsp3) is 0.0833. The van der Waals surface area contributed by atoms with Gasteiger partial charge >= 0.3 is 5.97 Å². The van der Waals surface area contributed by atoms with Gasteiger partial charge in [0.25, 0.3) is 0 Å². The molecule has 0 spiro atoms. The zero-order valence-electron chi connectivity index (χ0n) is 9.49. The summed E-state index contributed by atoms with van der Waals surface area (Å²) in [7, 11) is 1.71. The van der Waals surface area contributed by atoms with Gasteiger partial charge in [0.2, 0.25) is 0 Å². The van der Waals surface area contributed by atoms with Gasteiger partial charge in [0.05, 0.1) is 15.7 Å². The standard InChI is InChI=1S/C12H9N3O2S/c1-15-5-8(12(16)17)10(14-15)7-3-2-4-9-11(7)18-6-13-9/h2-6H,1H3,(H,16,17). The number of aryl methyl sites for hydroxylation is 1. The van der Waals surface area contributed by atoms with Crippen LogP contribution >= 0.6 is 11.3 Å². The third-order valence-electron chi connectivity index (χ3n) is 2.67. The van der Waals surface area contributed by atoms with Crippen LogP contribution < -0.4 is 0 Å². The number of carboxylic acid groups (broad SMARTS) is 1. The number of carbonyl (C=O) groups is 1. The lowest BCUT2D eigenvalue weighted by Crippen LogP contribution is -1.96. The molecule has 0 saturated heterocycles. The molecule has 0 unspecified atom stereocenters. The summed E-state index contributed by atoms with van der Waals surface area (Å²) in [5.74, 6) is -0.973. The molecule has 0 aliphatic heterocycles. The Morgan fingerprint density at radius 1 is 1.44 bits per heavy atom. The van der Waals surface area contributed by atoms with Crippen LogP contribution in [0.4, 0.5) is 0 Å². The average Bonchev–Trinajstić information content (AvgIpc) is 2.94. The van der Waals surface area contributed by atoms with E-state index in [9.17, 15) is 9.90 Å². The van der Waals surface area contributed by atoms with Crippen molar-refractivity contribution in [3.05, 3.63) is 35.5 Å². The van der Waals surface area contributed by atoms with Gasteiger partial charge in [-0.2, -0.15) is 5.10 Å². The molecular formula is C12H9N3O2S. The largest absolute Gasteiger partial charge is 0.478 e. The van der Waals surface area contributed by atoms with Gasteiger partial charge in [-0.3, -0.25) is 4.68 Å². The number of hydrogen-bond donors (Lipinski definition) is 1. The molecule has 2 heterocycles. The molecule has 0 saturated carbocycles. The monoisotopic (exact) mass is 259 g/mol. The molecule has 5 nitrogen and oxygen atoms in total. The fourth-order valence-electron chi connectivity index (χ4n) is 1.92. The normalized spacial score (nSPS) is 10.9. The first-order valence-corrected chi connectivity index (χ1v) is 6.14. The van der Waals surface area contributed by atoms with Crippen LogP contribution in [-0.2, 0) is 7.05 Å². The summed E-state index contributed by atoms with van der Waals surface area (Å²) in [5.41, 5.74) is 4.11. The van der Waals surface area contributed by atoms with Crippen molar-refractivity contribution in [1.82, 2.24) is 14.8 Å². The second-order valence-corrected chi connectivity index (χ2v) is 4.73. The van der Waals surface area contributed by atoms with E-state index in [4.69, 9.17) is 0 Å². The summed E-state index contributed by atoms with van der Waals surface area (Å²) < 4.78 is 2.47. The van der Waals surface area contributed by atoms with Gasteiger partial charge in [-0.1, -0.05) is 12.1 Å². The zero-order chi connectivity index (χ0) is 12.7. The van der Waals surface area contributed by atoms with Crippen LogP contribution in [0.25, 0.3) is 21.5 Å². The highest BCUT2D eigenvalue weighted by Crippen LogP contribution is 2.31. The topological polar surface area (TPSA) is 68.0 Å². The van der Waals surface area contributed by atoms with Crippen molar-refractivity contribution >= 4 is 27.5 Å². The SMILES string of the molecule is Cn1cc(C(=O)O)c(-c2cccc3ncsc23)n1. The van der Waals surface area contributed by atoms with E-state index in [0.717, 1.165) is 15.8 Å². The predicted molar refractivity (Wildman–Crippen MR) is 68.8 cm³/mol. The number of benzene rings is 1. The molecule has 2 aromatic heterocycles. The number of aromatic nitrogens is 3. The van der Waals surface area contributed by atoms with Crippen molar-refractivity contribution in [2.24, 2.45) is 7.05 Å². The molecule has 1 N–H and O–H groups in total. The van der Waals surface area contributed by atoms with Crippen molar-refractivity contribution in [3.63, 3.8) is 0 Å². The van der Waals surface area contributed by atoms with Crippen molar-refractivity contribution in [1.29, 1.82) is 0 Å². The van der Waals surface area contributed by atoms with Gasteiger partial charge in [0, 0.05) is 18.8 Å². The minimum atomic E-state index is -0.973. The Hall–Kier alpha value is -2.21. The molecule has 3 aromatic rings. The van der Waals surface area contributed by atoms with Crippen LogP contribution in [0.15, 0.2) is 29.9 Å². The molecule has 0 fully saturated rings. The van der Waals surface area contributed by atoms with Crippen molar-refractivity contribution in [2.75, 3.05) is 0 Å². The molecule has 90 valence electrons. The minimum Gasteiger partial charge on any atom is -0.478 e. The maximum atomic E-state index is 11.2. The molecule has 0 aliphatic carbocycles. The number of thiazole rings is 1. The lowest BCUT2D eigenvalue weighted by molar-refractivity contribution is 0.0697. The van der Waals surface area contributed by atoms with Gasteiger partial charge < -0.3 is 5.11 Å². The maximum absolute atomic E-state index is 11.2. The molecule has 0 atom stereocenters. The van der Waals surface area contributed by atoms with Crippen LogP contribution in [0.1, 0.15) is 10.4 Å². The second-order valence-electron chi connectivity index (χ2n) is 3.88. The summed E-state index contributed by atoms with van der Waals surface area (Å²) in [6.45, 7) is 0. The molecule has 0 bridgehead atoms. The summed E-state index contributed by atoms with van der Waals surface area (Å²) in [5, 5.41) is 13.4. The first kappa shape index (κ1) is 10.9. The van der Waals surface area contributed by atoms with Gasteiger partial charge in [0.1, 0.15) is 11.3 Å². The van der Waals surface area contributed by atoms with E-state index in [1.54, 1.807) is 12.6 Å². The molecular weight excluding hydrogens is 250 g/mol. The molecule has 3 rings (SSSR count). The first-order valence-electron chi connectivity index (χ1n) is 5.26. The van der Waals surface area contributed by atoms with E-state index in [1.807, 2.05) is 18.2 Å². The Kier molecular flexibility index (Phi) is 2.38. The van der Waals surface area contributed by atoms with Crippen LogP contribution in [0.5, 0.6) is 0 Å². The highest BCUT2D eigenvalue weighted by atomic mass is 32.1. The van der Waals surface area contributed by atoms with Crippen LogP contribution in [0, 0.1) is 0 Å². The smallest absolute Gasteiger partial charge is 0.339 e. The number of carboxylic acids is 1. The van der Waals surface area contributed by atoms with E-state index in [1.165, 1.54) is 22.2 Å². The Balaban J connectivity index is 2.32. The predicted octanol–water partition coefficient (Wildman–Crippen LogP) is 2.40. The van der Waals surface area contributed by atoms with Gasteiger partial charge in [-0.05, 0) is 6.07 Å². The zero-order valence-corrected chi connectivity index (χ0v) is 10.3. The lowest BCUT2D eigenvalue weighted by atomic mass is 10.1. The molecule has 0 amide bonds. The summed E-state index contributed by atoms with van der Waals surface area (Å²) in [6, 6.07) is 5.63. The summed E-state index contributed by atoms with van der Waals surface area (Å²) >= 11 is 1.49. The average molecular weight is 259 g/mol. The van der Waals surface area contributed by atoms with Crippen LogP contribution in [-0.4, -0.2) is 25.8 Å². The number of nitrogens with zero attached hydrogens (tertiary/aromatic N) is 3. The molecule has 1 aromatic carbocycles. The molecule has 6 heteroatoms. The lowest BCUT2D eigenvalue weighted by Gasteiger charge is -2.00. The Morgan fingerprint density at radius 3 is 3.06 bits per heavy atom. The number of aromatic carboxylic acids is 1.